The van der Waals surface area contributed by atoms with Gasteiger partial charge in [-0.05, 0) is 67.2 Å². The summed E-state index contributed by atoms with van der Waals surface area (Å²) in [6.07, 6.45) is 7.22. The minimum Gasteiger partial charge on any atom is -0.478 e. The molecule has 0 spiro atoms. The summed E-state index contributed by atoms with van der Waals surface area (Å²) in [6.45, 7) is 0. The van der Waals surface area contributed by atoms with Crippen LogP contribution in [0.4, 0.5) is 11.4 Å². The standard InChI is InChI=1S/C20H21NO4S/c1-26(24,25)21(18-10-6-3-7-11-18)19-13-16(12-17(14-19)20(22)23)15-8-4-2-5-9-15/h3,6-8,10-14H,2,4-5,9H2,1H3,(H,22,23). The Hall–Kier alpha value is -2.60. The molecule has 136 valence electrons. The second kappa shape index (κ2) is 7.33. The summed E-state index contributed by atoms with van der Waals surface area (Å²) in [5.74, 6) is -1.08. The molecular weight excluding hydrogens is 350 g/mol. The van der Waals surface area contributed by atoms with Gasteiger partial charge in [0.15, 0.2) is 0 Å². The molecule has 2 aromatic carbocycles. The van der Waals surface area contributed by atoms with Gasteiger partial charge in [0.25, 0.3) is 0 Å². The number of rotatable bonds is 5. The first-order valence-electron chi connectivity index (χ1n) is 8.49. The number of allylic oxidation sites excluding steroid dienone is 2. The van der Waals surface area contributed by atoms with Crippen molar-refractivity contribution in [1.29, 1.82) is 0 Å². The third-order valence-electron chi connectivity index (χ3n) is 4.38. The molecule has 0 aromatic heterocycles. The van der Waals surface area contributed by atoms with Gasteiger partial charge in [0.2, 0.25) is 10.0 Å². The molecule has 0 unspecified atom stereocenters. The molecule has 0 saturated carbocycles. The van der Waals surface area contributed by atoms with Crippen molar-refractivity contribution < 1.29 is 18.3 Å². The van der Waals surface area contributed by atoms with Crippen LogP contribution in [0.5, 0.6) is 0 Å². The number of carboxylic acids is 1. The van der Waals surface area contributed by atoms with Crippen LogP contribution in [0.2, 0.25) is 0 Å². The molecule has 0 atom stereocenters. The summed E-state index contributed by atoms with van der Waals surface area (Å²) in [4.78, 5) is 11.6. The van der Waals surface area contributed by atoms with E-state index in [1.165, 1.54) is 10.4 Å². The topological polar surface area (TPSA) is 74.7 Å². The van der Waals surface area contributed by atoms with Gasteiger partial charge >= 0.3 is 5.97 Å². The Morgan fingerprint density at radius 2 is 1.77 bits per heavy atom. The maximum atomic E-state index is 12.5. The quantitative estimate of drug-likeness (QED) is 0.843. The average molecular weight is 371 g/mol. The van der Waals surface area contributed by atoms with Gasteiger partial charge in [0.05, 0.1) is 23.2 Å². The Kier molecular flexibility index (Phi) is 5.13. The molecule has 0 radical (unpaired) electrons. The zero-order chi connectivity index (χ0) is 18.7. The van der Waals surface area contributed by atoms with Crippen LogP contribution in [-0.4, -0.2) is 25.7 Å². The monoisotopic (exact) mass is 371 g/mol. The molecule has 1 N–H and O–H groups in total. The zero-order valence-electron chi connectivity index (χ0n) is 14.6. The molecule has 3 rings (SSSR count). The lowest BCUT2D eigenvalue weighted by Gasteiger charge is -2.24. The number of carboxylic acid groups (broad SMARTS) is 1. The summed E-state index contributed by atoms with van der Waals surface area (Å²) < 4.78 is 26.1. The largest absolute Gasteiger partial charge is 0.478 e. The number of para-hydroxylation sites is 1. The van der Waals surface area contributed by atoms with Crippen molar-refractivity contribution in [2.75, 3.05) is 10.6 Å². The van der Waals surface area contributed by atoms with Crippen molar-refractivity contribution in [3.8, 4) is 0 Å². The number of carbonyl (C=O) groups is 1. The van der Waals surface area contributed by atoms with Gasteiger partial charge in [0, 0.05) is 0 Å². The fraction of sp³-hybridized carbons (Fsp3) is 0.250. The van der Waals surface area contributed by atoms with E-state index in [1.54, 1.807) is 42.5 Å². The molecule has 6 heteroatoms. The lowest BCUT2D eigenvalue weighted by atomic mass is 9.92. The van der Waals surface area contributed by atoms with Crippen molar-refractivity contribution in [3.05, 3.63) is 65.7 Å². The van der Waals surface area contributed by atoms with Gasteiger partial charge in [0.1, 0.15) is 0 Å². The van der Waals surface area contributed by atoms with Crippen LogP contribution in [0, 0.1) is 0 Å². The van der Waals surface area contributed by atoms with Crippen LogP contribution in [0.25, 0.3) is 5.57 Å². The summed E-state index contributed by atoms with van der Waals surface area (Å²) in [7, 11) is -3.64. The zero-order valence-corrected chi connectivity index (χ0v) is 15.4. The van der Waals surface area contributed by atoms with E-state index in [9.17, 15) is 18.3 Å². The molecule has 5 nitrogen and oxygen atoms in total. The van der Waals surface area contributed by atoms with Gasteiger partial charge in [-0.2, -0.15) is 0 Å². The second-order valence-electron chi connectivity index (χ2n) is 6.41. The molecule has 0 saturated heterocycles. The molecule has 0 bridgehead atoms. The van der Waals surface area contributed by atoms with Crippen LogP contribution in [0.1, 0.15) is 41.6 Å². The van der Waals surface area contributed by atoms with Crippen LogP contribution < -0.4 is 4.31 Å². The van der Waals surface area contributed by atoms with Crippen molar-refractivity contribution in [2.24, 2.45) is 0 Å². The molecule has 0 fully saturated rings. The Morgan fingerprint density at radius 3 is 2.35 bits per heavy atom. The molecule has 0 aliphatic heterocycles. The van der Waals surface area contributed by atoms with E-state index in [2.05, 4.69) is 6.08 Å². The Morgan fingerprint density at radius 1 is 1.04 bits per heavy atom. The number of sulfonamides is 1. The van der Waals surface area contributed by atoms with Gasteiger partial charge < -0.3 is 5.11 Å². The first-order chi connectivity index (χ1) is 12.4. The van der Waals surface area contributed by atoms with Gasteiger partial charge in [-0.25, -0.2) is 17.5 Å². The van der Waals surface area contributed by atoms with E-state index in [4.69, 9.17) is 0 Å². The van der Waals surface area contributed by atoms with Crippen molar-refractivity contribution in [3.63, 3.8) is 0 Å². The van der Waals surface area contributed by atoms with E-state index in [-0.39, 0.29) is 5.56 Å². The van der Waals surface area contributed by atoms with Gasteiger partial charge in [-0.15, -0.1) is 0 Å². The average Bonchev–Trinajstić information content (AvgIpc) is 2.62. The molecule has 1 aliphatic rings. The molecular formula is C20H21NO4S. The van der Waals surface area contributed by atoms with Crippen molar-refractivity contribution >= 4 is 32.9 Å². The maximum Gasteiger partial charge on any atom is 0.335 e. The summed E-state index contributed by atoms with van der Waals surface area (Å²) in [6, 6.07) is 13.5. The highest BCUT2D eigenvalue weighted by atomic mass is 32.2. The van der Waals surface area contributed by atoms with E-state index in [0.717, 1.165) is 43.1 Å². The summed E-state index contributed by atoms with van der Waals surface area (Å²) in [5.41, 5.74) is 2.72. The molecule has 26 heavy (non-hydrogen) atoms. The molecule has 2 aromatic rings. The minimum absolute atomic E-state index is 0.0774. The van der Waals surface area contributed by atoms with Gasteiger partial charge in [-0.3, -0.25) is 0 Å². The fourth-order valence-electron chi connectivity index (χ4n) is 3.23. The van der Waals surface area contributed by atoms with Gasteiger partial charge in [-0.1, -0.05) is 24.3 Å². The third-order valence-corrected chi connectivity index (χ3v) is 5.47. The Balaban J connectivity index is 2.19. The Bertz CT molecular complexity index is 949. The SMILES string of the molecule is CS(=O)(=O)N(c1ccccc1)c1cc(C(=O)O)cc(C2=CCCCC2)c1. The number of hydrogen-bond donors (Lipinski definition) is 1. The Labute approximate surface area is 153 Å². The number of benzene rings is 2. The second-order valence-corrected chi connectivity index (χ2v) is 8.24. The van der Waals surface area contributed by atoms with Crippen LogP contribution in [-0.2, 0) is 10.0 Å². The highest BCUT2D eigenvalue weighted by molar-refractivity contribution is 7.92. The molecule has 0 amide bonds. The molecule has 0 heterocycles. The normalized spacial score (nSPS) is 14.6. The third kappa shape index (κ3) is 3.96. The number of nitrogens with zero attached hydrogens (tertiary/aromatic N) is 1. The molecule has 1 aliphatic carbocycles. The predicted molar refractivity (Wildman–Crippen MR) is 103 cm³/mol. The van der Waals surface area contributed by atoms with Crippen LogP contribution in [0.3, 0.4) is 0 Å². The highest BCUT2D eigenvalue weighted by Crippen LogP contribution is 2.34. The lowest BCUT2D eigenvalue weighted by Crippen LogP contribution is -2.25. The lowest BCUT2D eigenvalue weighted by molar-refractivity contribution is 0.0697. The van der Waals surface area contributed by atoms with E-state index in [1.807, 2.05) is 0 Å². The number of aromatic carboxylic acids is 1. The number of anilines is 2. The number of hydrogen-bond acceptors (Lipinski definition) is 3. The van der Waals surface area contributed by atoms with E-state index >= 15 is 0 Å². The smallest absolute Gasteiger partial charge is 0.335 e. The van der Waals surface area contributed by atoms with Crippen LogP contribution in [0.15, 0.2) is 54.6 Å². The predicted octanol–water partition coefficient (Wildman–Crippen LogP) is 4.44. The maximum absolute atomic E-state index is 12.5. The van der Waals surface area contributed by atoms with E-state index < -0.39 is 16.0 Å². The summed E-state index contributed by atoms with van der Waals surface area (Å²) >= 11 is 0. The first-order valence-corrected chi connectivity index (χ1v) is 10.3. The van der Waals surface area contributed by atoms with Crippen molar-refractivity contribution in [1.82, 2.24) is 0 Å². The summed E-state index contributed by atoms with van der Waals surface area (Å²) in [5, 5.41) is 9.50. The fourth-order valence-corrected chi connectivity index (χ4v) is 4.23. The van der Waals surface area contributed by atoms with E-state index in [0.29, 0.717) is 11.4 Å². The minimum atomic E-state index is -3.64. The highest BCUT2D eigenvalue weighted by Gasteiger charge is 2.22. The van der Waals surface area contributed by atoms with Crippen molar-refractivity contribution in [2.45, 2.75) is 25.7 Å². The first kappa shape index (κ1) is 18.2. The van der Waals surface area contributed by atoms with Crippen LogP contribution >= 0.6 is 0 Å².